The minimum Gasteiger partial charge on any atom is -0.207 e. The molecular formula is C7H2Br2F4. The molecule has 13 heavy (non-hydrogen) atoms. The van der Waals surface area contributed by atoms with Crippen LogP contribution in [-0.4, -0.2) is 0 Å². The molecule has 0 saturated carbocycles. The van der Waals surface area contributed by atoms with Gasteiger partial charge in [-0.3, -0.25) is 0 Å². The largest absolute Gasteiger partial charge is 0.418 e. The van der Waals surface area contributed by atoms with Gasteiger partial charge >= 0.3 is 6.18 Å². The van der Waals surface area contributed by atoms with E-state index < -0.39 is 17.6 Å². The average molecular weight is 322 g/mol. The second-order valence-electron chi connectivity index (χ2n) is 2.24. The normalized spacial score (nSPS) is 11.8. The highest BCUT2D eigenvalue weighted by atomic mass is 79.9. The number of alkyl halides is 3. The van der Waals surface area contributed by atoms with E-state index in [1.54, 1.807) is 0 Å². The van der Waals surface area contributed by atoms with Crippen molar-refractivity contribution in [2.75, 3.05) is 0 Å². The molecule has 1 aromatic carbocycles. The lowest BCUT2D eigenvalue weighted by molar-refractivity contribution is -0.138. The van der Waals surface area contributed by atoms with E-state index in [-0.39, 0.29) is 8.95 Å². The summed E-state index contributed by atoms with van der Waals surface area (Å²) >= 11 is 5.29. The van der Waals surface area contributed by atoms with E-state index in [9.17, 15) is 17.6 Å². The molecule has 1 aromatic rings. The van der Waals surface area contributed by atoms with Crippen LogP contribution in [0.15, 0.2) is 21.1 Å². The SMILES string of the molecule is Fc1cc(Br)c(C(F)(F)F)c(Br)c1. The van der Waals surface area contributed by atoms with Gasteiger partial charge in [0.1, 0.15) is 5.82 Å². The van der Waals surface area contributed by atoms with Crippen molar-refractivity contribution >= 4 is 31.9 Å². The highest BCUT2D eigenvalue weighted by Crippen LogP contribution is 2.40. The molecule has 0 atom stereocenters. The highest BCUT2D eigenvalue weighted by molar-refractivity contribution is 9.11. The molecule has 0 spiro atoms. The van der Waals surface area contributed by atoms with Crippen LogP contribution in [0.3, 0.4) is 0 Å². The third kappa shape index (κ3) is 2.43. The lowest BCUT2D eigenvalue weighted by Gasteiger charge is -2.10. The smallest absolute Gasteiger partial charge is 0.207 e. The van der Waals surface area contributed by atoms with Crippen molar-refractivity contribution in [2.45, 2.75) is 6.18 Å². The molecule has 0 unspecified atom stereocenters. The van der Waals surface area contributed by atoms with Crippen LogP contribution in [0.2, 0.25) is 0 Å². The van der Waals surface area contributed by atoms with Crippen LogP contribution in [0.5, 0.6) is 0 Å². The van der Waals surface area contributed by atoms with E-state index in [1.165, 1.54) is 0 Å². The van der Waals surface area contributed by atoms with E-state index in [0.717, 1.165) is 12.1 Å². The Bertz CT molecular complexity index is 309. The van der Waals surface area contributed by atoms with Gasteiger partial charge in [-0.1, -0.05) is 31.9 Å². The van der Waals surface area contributed by atoms with Gasteiger partial charge in [-0.15, -0.1) is 0 Å². The number of hydrogen-bond donors (Lipinski definition) is 0. The Labute approximate surface area is 88.2 Å². The number of rotatable bonds is 0. The fourth-order valence-corrected chi connectivity index (χ4v) is 2.39. The highest BCUT2D eigenvalue weighted by Gasteiger charge is 2.35. The summed E-state index contributed by atoms with van der Waals surface area (Å²) in [6, 6.07) is 1.54. The van der Waals surface area contributed by atoms with E-state index in [4.69, 9.17) is 0 Å². The first kappa shape index (κ1) is 11.0. The summed E-state index contributed by atoms with van der Waals surface area (Å²) in [6.07, 6.45) is -4.49. The second kappa shape index (κ2) is 3.57. The molecule has 0 aliphatic carbocycles. The monoisotopic (exact) mass is 320 g/mol. The summed E-state index contributed by atoms with van der Waals surface area (Å²) < 4.78 is 48.7. The third-order valence-electron chi connectivity index (χ3n) is 1.29. The predicted octanol–water partition coefficient (Wildman–Crippen LogP) is 4.37. The van der Waals surface area contributed by atoms with Crippen LogP contribution in [-0.2, 0) is 6.18 Å². The van der Waals surface area contributed by atoms with Crippen molar-refractivity contribution in [3.8, 4) is 0 Å². The zero-order valence-corrected chi connectivity index (χ0v) is 9.09. The zero-order chi connectivity index (χ0) is 10.2. The maximum Gasteiger partial charge on any atom is 0.418 e. The van der Waals surface area contributed by atoms with Crippen molar-refractivity contribution in [3.05, 3.63) is 32.5 Å². The topological polar surface area (TPSA) is 0 Å². The molecule has 0 nitrogen and oxygen atoms in total. The minimum absolute atomic E-state index is 0.313. The summed E-state index contributed by atoms with van der Waals surface area (Å²) in [7, 11) is 0. The lowest BCUT2D eigenvalue weighted by atomic mass is 10.2. The van der Waals surface area contributed by atoms with Gasteiger partial charge in [-0.2, -0.15) is 13.2 Å². The predicted molar refractivity (Wildman–Crippen MR) is 46.8 cm³/mol. The van der Waals surface area contributed by atoms with Gasteiger partial charge < -0.3 is 0 Å². The van der Waals surface area contributed by atoms with Crippen molar-refractivity contribution in [3.63, 3.8) is 0 Å². The van der Waals surface area contributed by atoms with Gasteiger partial charge in [-0.25, -0.2) is 4.39 Å². The molecule has 0 amide bonds. The standard InChI is InChI=1S/C7H2Br2F4/c8-4-1-3(10)2-5(9)6(4)7(11,12)13/h1-2H. The maximum absolute atomic E-state index is 12.6. The first-order chi connectivity index (χ1) is 5.82. The Kier molecular flexibility index (Phi) is 3.01. The first-order valence-electron chi connectivity index (χ1n) is 3.04. The molecule has 1 rings (SSSR count). The molecule has 0 aliphatic heterocycles. The summed E-state index contributed by atoms with van der Waals surface area (Å²) in [5, 5.41) is 0. The fourth-order valence-electron chi connectivity index (χ4n) is 0.813. The van der Waals surface area contributed by atoms with Crippen molar-refractivity contribution in [1.29, 1.82) is 0 Å². The van der Waals surface area contributed by atoms with Crippen LogP contribution >= 0.6 is 31.9 Å². The number of benzene rings is 1. The molecule has 0 aliphatic rings. The van der Waals surface area contributed by atoms with Crippen LogP contribution in [0.1, 0.15) is 5.56 Å². The van der Waals surface area contributed by atoms with E-state index >= 15 is 0 Å². The van der Waals surface area contributed by atoms with Gasteiger partial charge in [0, 0.05) is 8.95 Å². The maximum atomic E-state index is 12.6. The Morgan fingerprint density at radius 1 is 1.00 bits per heavy atom. The van der Waals surface area contributed by atoms with E-state index in [0.29, 0.717) is 0 Å². The first-order valence-corrected chi connectivity index (χ1v) is 4.62. The van der Waals surface area contributed by atoms with Gasteiger partial charge in [-0.05, 0) is 12.1 Å². The molecule has 0 aromatic heterocycles. The Morgan fingerprint density at radius 2 is 1.38 bits per heavy atom. The molecule has 0 bridgehead atoms. The average Bonchev–Trinajstić information content (AvgIpc) is 1.78. The zero-order valence-electron chi connectivity index (χ0n) is 5.92. The quantitative estimate of drug-likeness (QED) is 0.622. The summed E-state index contributed by atoms with van der Waals surface area (Å²) in [5.41, 5.74) is -0.908. The fraction of sp³-hybridized carbons (Fsp3) is 0.143. The summed E-state index contributed by atoms with van der Waals surface area (Å²) in [4.78, 5) is 0. The Morgan fingerprint density at radius 3 is 1.69 bits per heavy atom. The van der Waals surface area contributed by atoms with Crippen LogP contribution in [0.25, 0.3) is 0 Å². The third-order valence-corrected chi connectivity index (χ3v) is 2.54. The molecule has 0 fully saturated rings. The Hall–Kier alpha value is -0.100. The second-order valence-corrected chi connectivity index (χ2v) is 3.95. The van der Waals surface area contributed by atoms with Gasteiger partial charge in [0.15, 0.2) is 0 Å². The molecule has 0 heterocycles. The van der Waals surface area contributed by atoms with Crippen LogP contribution in [0, 0.1) is 5.82 Å². The molecule has 72 valence electrons. The molecule has 6 heteroatoms. The minimum atomic E-state index is -4.49. The molecule has 0 radical (unpaired) electrons. The van der Waals surface area contributed by atoms with Gasteiger partial charge in [0.2, 0.25) is 0 Å². The molecular weight excluding hydrogens is 320 g/mol. The van der Waals surface area contributed by atoms with Crippen LogP contribution in [0.4, 0.5) is 17.6 Å². The lowest BCUT2D eigenvalue weighted by Crippen LogP contribution is -2.07. The summed E-state index contributed by atoms with van der Waals surface area (Å²) in [6.45, 7) is 0. The summed E-state index contributed by atoms with van der Waals surface area (Å²) in [5.74, 6) is -0.730. The van der Waals surface area contributed by atoms with E-state index in [2.05, 4.69) is 31.9 Å². The van der Waals surface area contributed by atoms with Gasteiger partial charge in [0.25, 0.3) is 0 Å². The van der Waals surface area contributed by atoms with Crippen molar-refractivity contribution in [1.82, 2.24) is 0 Å². The van der Waals surface area contributed by atoms with Crippen LogP contribution < -0.4 is 0 Å². The van der Waals surface area contributed by atoms with Gasteiger partial charge in [0.05, 0.1) is 5.56 Å². The van der Waals surface area contributed by atoms with E-state index in [1.807, 2.05) is 0 Å². The number of halogens is 6. The van der Waals surface area contributed by atoms with Crippen molar-refractivity contribution in [2.24, 2.45) is 0 Å². The molecule has 0 N–H and O–H groups in total. The number of hydrogen-bond acceptors (Lipinski definition) is 0. The molecule has 0 saturated heterocycles. The Balaban J connectivity index is 3.38. The van der Waals surface area contributed by atoms with Crippen molar-refractivity contribution < 1.29 is 17.6 Å².